The zero-order valence-electron chi connectivity index (χ0n) is 38.8. The van der Waals surface area contributed by atoms with Crippen molar-refractivity contribution in [2.45, 2.75) is 68.4 Å². The van der Waals surface area contributed by atoms with E-state index >= 15 is 0 Å². The number of carboxylic acid groups (broad SMARTS) is 2. The summed E-state index contributed by atoms with van der Waals surface area (Å²) in [6, 6.07) is 24.0. The SMILES string of the molecule is O=C([O-])[C@H](O)[C@@H](O)[C@H](O)[C@H](O)CO.O=C([O-])[C@H](O)[C@@H](O)[C@H](O)[C@H](O)CO.O=C1[N-]S(=O)(=O)c2ccccc21.O=C1[N-]S(=O)(=O)c2ccccc21.O=C1[N-]S(=O)(=O)c2ccccc21.O=C1[N-]S(=O)(=O)c2ccccc21.[Ca+2].[Ca+2].[Ca+2]. The Bertz CT molecular complexity index is 2840. The molecule has 0 spiro atoms. The molecule has 0 saturated carbocycles. The molecule has 404 valence electrons. The molecule has 4 aromatic carbocycles. The van der Waals surface area contributed by atoms with Crippen LogP contribution in [0.1, 0.15) is 41.4 Å². The molecule has 0 bridgehead atoms. The molecule has 10 N–H and O–H groups in total. The van der Waals surface area contributed by atoms with Crippen molar-refractivity contribution in [1.82, 2.24) is 0 Å². The average molecular weight is 1240 g/mol. The second-order valence-electron chi connectivity index (χ2n) is 14.5. The number of amides is 4. The summed E-state index contributed by atoms with van der Waals surface area (Å²) in [5, 5.41) is 107. The van der Waals surface area contributed by atoms with Crippen LogP contribution in [-0.2, 0) is 49.7 Å². The first-order valence-corrected chi connectivity index (χ1v) is 25.6. The number of carbonyl (C=O) groups is 6. The fraction of sp³-hybridized carbons (Fsp3) is 0.250. The molecular formula is C40H38Ca3N4O26S4. The van der Waals surface area contributed by atoms with Gasteiger partial charge in [-0.05, 0) is 24.3 Å². The molecule has 8 rings (SSSR count). The Balaban J connectivity index is 0.000000893. The zero-order valence-corrected chi connectivity index (χ0v) is 48.7. The molecule has 30 nitrogen and oxygen atoms in total. The number of hydrogen-bond acceptors (Lipinski definition) is 26. The van der Waals surface area contributed by atoms with Crippen LogP contribution in [0.2, 0.25) is 0 Å². The van der Waals surface area contributed by atoms with Crippen LogP contribution in [0.4, 0.5) is 0 Å². The van der Waals surface area contributed by atoms with E-state index in [1.54, 1.807) is 48.5 Å². The number of aliphatic carboxylic acids is 2. The number of aliphatic hydroxyl groups excluding tert-OH is 10. The third-order valence-electron chi connectivity index (χ3n) is 9.39. The van der Waals surface area contributed by atoms with Gasteiger partial charge in [-0.2, -0.15) is 0 Å². The van der Waals surface area contributed by atoms with Crippen LogP contribution >= 0.6 is 0 Å². The van der Waals surface area contributed by atoms with Crippen molar-refractivity contribution in [1.29, 1.82) is 0 Å². The Kier molecular flexibility index (Phi) is 30.5. The molecule has 37 heteroatoms. The summed E-state index contributed by atoms with van der Waals surface area (Å²) >= 11 is 0. The molecule has 4 heterocycles. The van der Waals surface area contributed by atoms with Crippen molar-refractivity contribution in [2.75, 3.05) is 13.2 Å². The molecule has 0 unspecified atom stereocenters. The minimum atomic E-state index is -3.68. The molecule has 8 atom stereocenters. The average Bonchev–Trinajstić information content (AvgIpc) is 3.95. The van der Waals surface area contributed by atoms with Crippen molar-refractivity contribution in [3.8, 4) is 0 Å². The van der Waals surface area contributed by atoms with Crippen molar-refractivity contribution < 1.29 is 124 Å². The summed E-state index contributed by atoms with van der Waals surface area (Å²) < 4.78 is 101. The van der Waals surface area contributed by atoms with E-state index in [-0.39, 0.29) is 155 Å². The molecule has 4 aromatic rings. The molecule has 4 aliphatic rings. The quantitative estimate of drug-likeness (QED) is 0.0660. The number of carbonyl (C=O) groups excluding carboxylic acids is 6. The summed E-state index contributed by atoms with van der Waals surface area (Å²) in [4.78, 5) is 63.7. The molecule has 0 aliphatic carbocycles. The van der Waals surface area contributed by atoms with Gasteiger partial charge in [-0.15, -0.1) is 0 Å². The molecular weight excluding hydrogens is 1200 g/mol. The van der Waals surface area contributed by atoms with Gasteiger partial charge in [0.15, 0.2) is 0 Å². The minimum Gasteiger partial charge on any atom is -0.547 e. The van der Waals surface area contributed by atoms with Gasteiger partial charge in [-0.1, -0.05) is 72.8 Å². The van der Waals surface area contributed by atoms with Gasteiger partial charge in [-0.25, -0.2) is 33.7 Å². The van der Waals surface area contributed by atoms with Crippen molar-refractivity contribution in [3.05, 3.63) is 138 Å². The first kappa shape index (κ1) is 73.9. The molecule has 0 fully saturated rings. The number of sulfonamides is 4. The van der Waals surface area contributed by atoms with Crippen LogP contribution in [0, 0.1) is 0 Å². The largest absolute Gasteiger partial charge is 2.00 e. The van der Waals surface area contributed by atoms with Gasteiger partial charge in [-0.3, -0.25) is 0 Å². The predicted octanol–water partition coefficient (Wildman–Crippen LogP) is -7.19. The maximum Gasteiger partial charge on any atom is 2.00 e. The van der Waals surface area contributed by atoms with Crippen LogP contribution in [0.5, 0.6) is 0 Å². The Morgan fingerprint density at radius 3 is 0.714 bits per heavy atom. The van der Waals surface area contributed by atoms with Gasteiger partial charge in [0.25, 0.3) is 0 Å². The molecule has 0 radical (unpaired) electrons. The molecule has 4 aliphatic heterocycles. The number of rotatable bonds is 10. The maximum atomic E-state index is 11.1. The summed E-state index contributed by atoms with van der Waals surface area (Å²) in [5.74, 6) is -6.65. The van der Waals surface area contributed by atoms with Crippen LogP contribution in [0.25, 0.3) is 18.9 Å². The number of carboxylic acids is 2. The van der Waals surface area contributed by atoms with E-state index in [2.05, 4.69) is 18.9 Å². The van der Waals surface area contributed by atoms with Crippen molar-refractivity contribution in [2.24, 2.45) is 0 Å². The Hall–Kier alpha value is -3.12. The molecule has 0 aromatic heterocycles. The predicted molar refractivity (Wildman–Crippen MR) is 255 cm³/mol. The van der Waals surface area contributed by atoms with E-state index < -0.39 is 138 Å². The van der Waals surface area contributed by atoms with Gasteiger partial charge in [0.2, 0.25) is 0 Å². The normalized spacial score (nSPS) is 18.4. The van der Waals surface area contributed by atoms with Gasteiger partial charge in [0.05, 0.1) is 68.4 Å². The van der Waals surface area contributed by atoms with Gasteiger partial charge in [0.1, 0.15) is 88.9 Å². The smallest absolute Gasteiger partial charge is 0.547 e. The first-order valence-electron chi connectivity index (χ1n) is 19.8. The van der Waals surface area contributed by atoms with Gasteiger partial charge in [0, 0.05) is 22.3 Å². The monoisotopic (exact) mass is 1240 g/mol. The summed E-state index contributed by atoms with van der Waals surface area (Å²) in [7, 11) is -14.7. The Morgan fingerprint density at radius 1 is 0.377 bits per heavy atom. The minimum absolute atomic E-state index is 0. The molecule has 4 amide bonds. The summed E-state index contributed by atoms with van der Waals surface area (Å²) in [6.07, 6.45) is -16.2. The fourth-order valence-electron chi connectivity index (χ4n) is 5.63. The second kappa shape index (κ2) is 31.8. The van der Waals surface area contributed by atoms with Gasteiger partial charge < -0.3 is 109 Å². The zero-order chi connectivity index (χ0) is 56.3. The summed E-state index contributed by atoms with van der Waals surface area (Å²) in [5.41, 5.74) is 0.657. The number of fused-ring (bicyclic) bond motifs is 4. The fourth-order valence-corrected chi connectivity index (χ4v) is 10.0. The number of aliphatic hydroxyl groups is 10. The number of hydrogen-bond donors (Lipinski definition) is 10. The van der Waals surface area contributed by atoms with Crippen LogP contribution in [-0.4, -0.2) is 296 Å². The van der Waals surface area contributed by atoms with E-state index in [4.69, 9.17) is 51.1 Å². The van der Waals surface area contributed by atoms with E-state index in [9.17, 15) is 72.7 Å². The van der Waals surface area contributed by atoms with E-state index in [1.165, 1.54) is 48.5 Å². The third kappa shape index (κ3) is 19.5. The first-order chi connectivity index (χ1) is 34.3. The topological polar surface area (TPSA) is 544 Å². The standard InChI is InChI=1S/4C7H5NO3S.2C6H12O7.3Ca/c4*9-7-5-3-1-2-4-6(5)12(10,11)8-7;2*7-1-2(8)3(9)4(10)5(11)6(12)13;;;/h4*1-4H,(H,8,9);2*2-5,7-11H,1H2,(H,12,13);;;/q;;;;;;3*+2/p-6/t;;;;2*2-,3-,4+,5-;;;/m....11.../s1. The third-order valence-corrected chi connectivity index (χ3v) is 14.7. The number of nitrogens with zero attached hydrogens (tertiary/aromatic N) is 4. The molecule has 0 saturated heterocycles. The van der Waals surface area contributed by atoms with E-state index in [0.29, 0.717) is 0 Å². The van der Waals surface area contributed by atoms with Crippen LogP contribution in [0.15, 0.2) is 117 Å². The molecule has 77 heavy (non-hydrogen) atoms. The van der Waals surface area contributed by atoms with Crippen molar-refractivity contribution >= 4 is 189 Å². The van der Waals surface area contributed by atoms with Crippen LogP contribution < -0.4 is 10.2 Å². The summed E-state index contributed by atoms with van der Waals surface area (Å²) in [6.45, 7) is -1.73. The van der Waals surface area contributed by atoms with E-state index in [0.717, 1.165) is 0 Å². The Labute approximate surface area is 526 Å². The van der Waals surface area contributed by atoms with Crippen LogP contribution in [0.3, 0.4) is 0 Å². The maximum absolute atomic E-state index is 11.1. The number of benzene rings is 4. The Morgan fingerprint density at radius 2 is 0.558 bits per heavy atom. The van der Waals surface area contributed by atoms with Gasteiger partial charge >= 0.3 is 113 Å². The van der Waals surface area contributed by atoms with Crippen molar-refractivity contribution in [3.63, 3.8) is 0 Å². The van der Waals surface area contributed by atoms with E-state index in [1.807, 2.05) is 0 Å². The second-order valence-corrected chi connectivity index (χ2v) is 20.8.